The summed E-state index contributed by atoms with van der Waals surface area (Å²) >= 11 is 1.69. The number of thiazole rings is 1. The summed E-state index contributed by atoms with van der Waals surface area (Å²) in [5.74, 6) is 1.14. The van der Waals surface area contributed by atoms with Crippen LogP contribution in [0.3, 0.4) is 0 Å². The molecule has 0 unspecified atom stereocenters. The lowest BCUT2D eigenvalue weighted by atomic mass is 10.0. The smallest absolute Gasteiger partial charge is 0.194 e. The fourth-order valence-corrected chi connectivity index (χ4v) is 4.51. The molecular weight excluding hydrogens is 330 g/mol. The molecule has 0 bridgehead atoms. The molecule has 1 aliphatic rings. The summed E-state index contributed by atoms with van der Waals surface area (Å²) in [7, 11) is 0. The number of imidazole rings is 2. The summed E-state index contributed by atoms with van der Waals surface area (Å²) in [6.07, 6.45) is 6.11. The van der Waals surface area contributed by atoms with Gasteiger partial charge in [-0.2, -0.15) is 0 Å². The van der Waals surface area contributed by atoms with Crippen LogP contribution in [0.1, 0.15) is 28.8 Å². The first kappa shape index (κ1) is 14.9. The van der Waals surface area contributed by atoms with Crippen molar-refractivity contribution < 1.29 is 0 Å². The molecule has 3 aromatic heterocycles. The van der Waals surface area contributed by atoms with Crippen molar-refractivity contribution in [3.8, 4) is 0 Å². The molecule has 0 saturated carbocycles. The minimum absolute atomic E-state index is 0.339. The summed E-state index contributed by atoms with van der Waals surface area (Å²) in [5.41, 5.74) is 3.75. The first-order valence-electron chi connectivity index (χ1n) is 8.49. The van der Waals surface area contributed by atoms with E-state index >= 15 is 0 Å². The van der Waals surface area contributed by atoms with E-state index < -0.39 is 0 Å². The van der Waals surface area contributed by atoms with Crippen molar-refractivity contribution in [1.82, 2.24) is 23.8 Å². The third-order valence-electron chi connectivity index (χ3n) is 5.06. The maximum absolute atomic E-state index is 4.70. The molecule has 5 nitrogen and oxygen atoms in total. The highest BCUT2D eigenvalue weighted by atomic mass is 32.1. The SMILES string of the molecule is Cc1nc2sccn2c1CN1Cc2nccn2C[C@@H]1c1ccccc1. The van der Waals surface area contributed by atoms with Crippen LogP contribution in [0.4, 0.5) is 0 Å². The van der Waals surface area contributed by atoms with Crippen LogP contribution in [0, 0.1) is 6.92 Å². The first-order valence-corrected chi connectivity index (χ1v) is 9.37. The van der Waals surface area contributed by atoms with E-state index in [4.69, 9.17) is 4.98 Å². The molecule has 1 atom stereocenters. The molecular formula is C19H19N5S. The Kier molecular flexibility index (Phi) is 3.46. The van der Waals surface area contributed by atoms with E-state index in [1.165, 1.54) is 11.3 Å². The molecule has 4 heterocycles. The number of aryl methyl sites for hydroxylation is 1. The van der Waals surface area contributed by atoms with Crippen molar-refractivity contribution in [2.75, 3.05) is 0 Å². The number of aromatic nitrogens is 4. The lowest BCUT2D eigenvalue weighted by Crippen LogP contribution is -2.37. The second-order valence-electron chi connectivity index (χ2n) is 6.53. The molecule has 0 spiro atoms. The zero-order valence-corrected chi connectivity index (χ0v) is 14.9. The van der Waals surface area contributed by atoms with E-state index in [1.54, 1.807) is 11.3 Å². The number of benzene rings is 1. The monoisotopic (exact) mass is 349 g/mol. The van der Waals surface area contributed by atoms with Gasteiger partial charge >= 0.3 is 0 Å². The van der Waals surface area contributed by atoms with Crippen LogP contribution >= 0.6 is 11.3 Å². The molecule has 6 heteroatoms. The Morgan fingerprint density at radius 2 is 2.08 bits per heavy atom. The lowest BCUT2D eigenvalue weighted by Gasteiger charge is -2.36. The Hall–Kier alpha value is -2.44. The summed E-state index contributed by atoms with van der Waals surface area (Å²) < 4.78 is 4.50. The van der Waals surface area contributed by atoms with Gasteiger partial charge in [0.1, 0.15) is 5.82 Å². The maximum atomic E-state index is 4.70. The van der Waals surface area contributed by atoms with E-state index in [0.29, 0.717) is 6.04 Å². The van der Waals surface area contributed by atoms with Crippen LogP contribution in [0.2, 0.25) is 0 Å². The normalized spacial score (nSPS) is 17.9. The predicted molar refractivity (Wildman–Crippen MR) is 98.5 cm³/mol. The largest absolute Gasteiger partial charge is 0.332 e. The fourth-order valence-electron chi connectivity index (χ4n) is 3.73. The quantitative estimate of drug-likeness (QED) is 0.567. The third kappa shape index (κ3) is 2.49. The van der Waals surface area contributed by atoms with Gasteiger partial charge in [-0.05, 0) is 12.5 Å². The van der Waals surface area contributed by atoms with E-state index in [2.05, 4.69) is 73.9 Å². The average molecular weight is 349 g/mol. The molecule has 5 rings (SSSR count). The molecule has 0 saturated heterocycles. The van der Waals surface area contributed by atoms with Crippen molar-refractivity contribution in [3.05, 3.63) is 77.1 Å². The van der Waals surface area contributed by atoms with Crippen LogP contribution in [0.25, 0.3) is 4.96 Å². The maximum Gasteiger partial charge on any atom is 0.194 e. The zero-order chi connectivity index (χ0) is 16.8. The fraction of sp³-hybridized carbons (Fsp3) is 0.263. The Balaban J connectivity index is 1.55. The van der Waals surface area contributed by atoms with Gasteiger partial charge in [-0.25, -0.2) is 9.97 Å². The van der Waals surface area contributed by atoms with Gasteiger partial charge in [0.25, 0.3) is 0 Å². The number of hydrogen-bond donors (Lipinski definition) is 0. The molecule has 0 N–H and O–H groups in total. The van der Waals surface area contributed by atoms with Crippen molar-refractivity contribution in [1.29, 1.82) is 0 Å². The highest BCUT2D eigenvalue weighted by molar-refractivity contribution is 7.15. The minimum Gasteiger partial charge on any atom is -0.332 e. The summed E-state index contributed by atoms with van der Waals surface area (Å²) in [6, 6.07) is 11.1. The molecule has 4 aromatic rings. The Morgan fingerprint density at radius 1 is 1.20 bits per heavy atom. The van der Waals surface area contributed by atoms with Crippen LogP contribution < -0.4 is 0 Å². The van der Waals surface area contributed by atoms with Crippen molar-refractivity contribution in [2.45, 2.75) is 32.6 Å². The lowest BCUT2D eigenvalue weighted by molar-refractivity contribution is 0.126. The van der Waals surface area contributed by atoms with Crippen molar-refractivity contribution in [3.63, 3.8) is 0 Å². The topological polar surface area (TPSA) is 38.4 Å². The Labute approximate surface area is 150 Å². The summed E-state index contributed by atoms with van der Waals surface area (Å²) in [4.78, 5) is 12.8. The van der Waals surface area contributed by atoms with Crippen LogP contribution in [-0.2, 0) is 19.6 Å². The van der Waals surface area contributed by atoms with Crippen LogP contribution in [0.5, 0.6) is 0 Å². The first-order chi connectivity index (χ1) is 12.3. The van der Waals surface area contributed by atoms with E-state index in [9.17, 15) is 0 Å². The molecule has 0 radical (unpaired) electrons. The van der Waals surface area contributed by atoms with Crippen molar-refractivity contribution in [2.24, 2.45) is 0 Å². The van der Waals surface area contributed by atoms with Crippen molar-refractivity contribution >= 4 is 16.3 Å². The molecule has 126 valence electrons. The number of rotatable bonds is 3. The standard InChI is InChI=1S/C19H19N5S/c1-14-16(24-9-10-25-19(24)21-14)11-23-13-18-20-7-8-22(18)12-17(23)15-5-3-2-4-6-15/h2-10,17H,11-13H2,1H3/t17-/m1/s1. The molecule has 1 aliphatic heterocycles. The number of hydrogen-bond acceptors (Lipinski definition) is 4. The van der Waals surface area contributed by atoms with Gasteiger partial charge in [-0.15, -0.1) is 11.3 Å². The predicted octanol–water partition coefficient (Wildman–Crippen LogP) is 3.66. The number of nitrogens with zero attached hydrogens (tertiary/aromatic N) is 5. The average Bonchev–Trinajstić information content (AvgIpc) is 3.33. The van der Waals surface area contributed by atoms with Gasteiger partial charge in [0, 0.05) is 37.1 Å². The van der Waals surface area contributed by atoms with Gasteiger partial charge in [0.2, 0.25) is 0 Å². The molecule has 0 aliphatic carbocycles. The second-order valence-corrected chi connectivity index (χ2v) is 7.40. The van der Waals surface area contributed by atoms with E-state index in [1.807, 2.05) is 6.20 Å². The Bertz CT molecular complexity index is 1010. The molecule has 1 aromatic carbocycles. The minimum atomic E-state index is 0.339. The molecule has 0 fully saturated rings. The molecule has 25 heavy (non-hydrogen) atoms. The van der Waals surface area contributed by atoms with Gasteiger partial charge in [-0.1, -0.05) is 30.3 Å². The van der Waals surface area contributed by atoms with Gasteiger partial charge in [0.15, 0.2) is 4.96 Å². The zero-order valence-electron chi connectivity index (χ0n) is 14.0. The highest BCUT2D eigenvalue weighted by Gasteiger charge is 2.29. The number of fused-ring (bicyclic) bond motifs is 2. The second kappa shape index (κ2) is 5.82. The van der Waals surface area contributed by atoms with Crippen LogP contribution in [-0.4, -0.2) is 23.8 Å². The highest BCUT2D eigenvalue weighted by Crippen LogP contribution is 2.31. The third-order valence-corrected chi connectivity index (χ3v) is 5.81. The van der Waals surface area contributed by atoms with E-state index in [0.717, 1.165) is 36.1 Å². The van der Waals surface area contributed by atoms with Gasteiger partial charge in [0.05, 0.1) is 24.0 Å². The van der Waals surface area contributed by atoms with Gasteiger partial charge in [-0.3, -0.25) is 9.30 Å². The van der Waals surface area contributed by atoms with Gasteiger partial charge < -0.3 is 4.57 Å². The Morgan fingerprint density at radius 3 is 2.96 bits per heavy atom. The summed E-state index contributed by atoms with van der Waals surface area (Å²) in [6.45, 7) is 4.76. The van der Waals surface area contributed by atoms with E-state index in [-0.39, 0.29) is 0 Å². The van der Waals surface area contributed by atoms with Crippen LogP contribution in [0.15, 0.2) is 54.3 Å². The summed E-state index contributed by atoms with van der Waals surface area (Å²) in [5, 5.41) is 2.10. The molecule has 0 amide bonds.